The van der Waals surface area contributed by atoms with Crippen molar-refractivity contribution in [2.24, 2.45) is 17.8 Å². The highest BCUT2D eigenvalue weighted by Crippen LogP contribution is 2.40. The monoisotopic (exact) mass is 390 g/mol. The van der Waals surface area contributed by atoms with Crippen LogP contribution in [-0.4, -0.2) is 36.3 Å². The second-order valence-electron chi connectivity index (χ2n) is 7.19. The van der Waals surface area contributed by atoms with Gasteiger partial charge < -0.3 is 14.8 Å². The molecule has 0 heterocycles. The molecule has 0 aromatic heterocycles. The van der Waals surface area contributed by atoms with Crippen LogP contribution in [0.15, 0.2) is 18.2 Å². The van der Waals surface area contributed by atoms with Gasteiger partial charge in [-0.2, -0.15) is 0 Å². The highest BCUT2D eigenvalue weighted by atomic mass is 16.6. The third-order valence-corrected chi connectivity index (χ3v) is 5.40. The Morgan fingerprint density at radius 2 is 1.93 bits per heavy atom. The molecular weight excluding hydrogens is 368 g/mol. The molecule has 9 nitrogen and oxygen atoms in total. The summed E-state index contributed by atoms with van der Waals surface area (Å²) >= 11 is 0. The lowest BCUT2D eigenvalue weighted by Crippen LogP contribution is -2.40. The summed E-state index contributed by atoms with van der Waals surface area (Å²) in [5.74, 6) is -1.13. The van der Waals surface area contributed by atoms with Crippen molar-refractivity contribution in [3.05, 3.63) is 28.3 Å². The summed E-state index contributed by atoms with van der Waals surface area (Å²) in [4.78, 5) is 46.8. The molecule has 2 saturated carbocycles. The van der Waals surface area contributed by atoms with E-state index in [2.05, 4.69) is 5.32 Å². The van der Waals surface area contributed by atoms with E-state index in [1.165, 1.54) is 25.3 Å². The average molecular weight is 390 g/mol. The standard InChI is InChI=1S/C19H22N2O7/c1-27-16-9-14(21(25)26)5-6-15(16)20-17(22)10-28-19(24)13-7-11-3-2-4-12(8-13)18(11)23/h5-6,9,11-13H,2-4,7-8,10H2,1H3,(H,20,22)/t11-,12+,13?. The molecule has 1 unspecified atom stereocenters. The van der Waals surface area contributed by atoms with Crippen LogP contribution in [-0.2, 0) is 19.1 Å². The number of hydrogen-bond acceptors (Lipinski definition) is 7. The zero-order chi connectivity index (χ0) is 20.3. The number of nitrogens with one attached hydrogen (secondary N) is 1. The van der Waals surface area contributed by atoms with Crippen LogP contribution in [0.2, 0.25) is 0 Å². The average Bonchev–Trinajstić information content (AvgIpc) is 2.66. The van der Waals surface area contributed by atoms with Gasteiger partial charge in [-0.1, -0.05) is 6.42 Å². The number of hydrogen-bond donors (Lipinski definition) is 1. The molecule has 0 saturated heterocycles. The summed E-state index contributed by atoms with van der Waals surface area (Å²) in [6.07, 6.45) is 3.64. The van der Waals surface area contributed by atoms with E-state index in [1.54, 1.807) is 0 Å². The molecule has 0 radical (unpaired) electrons. The van der Waals surface area contributed by atoms with Gasteiger partial charge in [-0.15, -0.1) is 0 Å². The van der Waals surface area contributed by atoms with Crippen LogP contribution in [0.3, 0.4) is 0 Å². The lowest BCUT2D eigenvalue weighted by molar-refractivity contribution is -0.384. The van der Waals surface area contributed by atoms with Crippen LogP contribution in [0.1, 0.15) is 32.1 Å². The van der Waals surface area contributed by atoms with Gasteiger partial charge in [0, 0.05) is 17.9 Å². The van der Waals surface area contributed by atoms with Gasteiger partial charge in [0.25, 0.3) is 11.6 Å². The van der Waals surface area contributed by atoms with Gasteiger partial charge in [-0.05, 0) is 31.7 Å². The summed E-state index contributed by atoms with van der Waals surface area (Å²) in [5.41, 5.74) is 0.0746. The van der Waals surface area contributed by atoms with E-state index < -0.39 is 23.4 Å². The number of nitro groups is 1. The van der Waals surface area contributed by atoms with Gasteiger partial charge >= 0.3 is 5.97 Å². The van der Waals surface area contributed by atoms with Gasteiger partial charge in [0.1, 0.15) is 11.5 Å². The van der Waals surface area contributed by atoms with E-state index in [9.17, 15) is 24.5 Å². The zero-order valence-corrected chi connectivity index (χ0v) is 15.5. The van der Waals surface area contributed by atoms with Crippen molar-refractivity contribution in [2.75, 3.05) is 19.0 Å². The first-order valence-corrected chi connectivity index (χ1v) is 9.21. The van der Waals surface area contributed by atoms with Gasteiger partial charge in [-0.25, -0.2) is 0 Å². The lowest BCUT2D eigenvalue weighted by Gasteiger charge is -2.36. The topological polar surface area (TPSA) is 125 Å². The SMILES string of the molecule is COc1cc([N+](=O)[O-])ccc1NC(=O)COC(=O)C1C[C@H]2CCC[C@@H](C1)C2=O. The Balaban J connectivity index is 1.54. The van der Waals surface area contributed by atoms with Gasteiger partial charge in [0.15, 0.2) is 6.61 Å². The number of non-ortho nitro benzene ring substituents is 1. The number of esters is 1. The van der Waals surface area contributed by atoms with Crippen LogP contribution in [0, 0.1) is 27.9 Å². The smallest absolute Gasteiger partial charge is 0.309 e. The minimum absolute atomic E-state index is 0.0664. The molecule has 0 spiro atoms. The molecule has 1 amide bonds. The normalized spacial score (nSPS) is 23.6. The van der Waals surface area contributed by atoms with Crippen LogP contribution < -0.4 is 10.1 Å². The van der Waals surface area contributed by atoms with E-state index in [0.717, 1.165) is 19.3 Å². The van der Waals surface area contributed by atoms with Crippen molar-refractivity contribution in [1.82, 2.24) is 0 Å². The van der Waals surface area contributed by atoms with Gasteiger partial charge in [-0.3, -0.25) is 24.5 Å². The maximum Gasteiger partial charge on any atom is 0.309 e. The summed E-state index contributed by atoms with van der Waals surface area (Å²) in [7, 11) is 1.33. The molecule has 2 aliphatic rings. The fraction of sp³-hybridized carbons (Fsp3) is 0.526. The summed E-state index contributed by atoms with van der Waals surface area (Å²) in [6, 6.07) is 3.78. The Labute approximate surface area is 161 Å². The van der Waals surface area contributed by atoms with E-state index in [-0.39, 0.29) is 40.7 Å². The molecular formula is C19H22N2O7. The number of benzene rings is 1. The number of ether oxygens (including phenoxy) is 2. The molecule has 28 heavy (non-hydrogen) atoms. The summed E-state index contributed by atoms with van der Waals surface area (Å²) in [5, 5.41) is 13.3. The number of rotatable bonds is 6. The largest absolute Gasteiger partial charge is 0.494 e. The fourth-order valence-electron chi connectivity index (χ4n) is 4.01. The zero-order valence-electron chi connectivity index (χ0n) is 15.5. The first-order chi connectivity index (χ1) is 13.4. The molecule has 3 atom stereocenters. The lowest BCUT2D eigenvalue weighted by atomic mass is 9.67. The quantitative estimate of drug-likeness (QED) is 0.449. The molecule has 9 heteroatoms. The maximum atomic E-state index is 12.3. The van der Waals surface area contributed by atoms with Crippen molar-refractivity contribution in [1.29, 1.82) is 0 Å². The molecule has 2 fully saturated rings. The molecule has 3 rings (SSSR count). The van der Waals surface area contributed by atoms with Crippen LogP contribution in [0.25, 0.3) is 0 Å². The Hall–Kier alpha value is -2.97. The van der Waals surface area contributed by atoms with Gasteiger partial charge in [0.2, 0.25) is 0 Å². The first kappa shape index (κ1) is 19.8. The predicted molar refractivity (Wildman–Crippen MR) is 97.8 cm³/mol. The second-order valence-corrected chi connectivity index (χ2v) is 7.19. The molecule has 1 N–H and O–H groups in total. The first-order valence-electron chi connectivity index (χ1n) is 9.21. The fourth-order valence-corrected chi connectivity index (χ4v) is 4.01. The van der Waals surface area contributed by atoms with Gasteiger partial charge in [0.05, 0.1) is 29.7 Å². The number of carbonyl (C=O) groups is 3. The van der Waals surface area contributed by atoms with Crippen molar-refractivity contribution < 1.29 is 28.8 Å². The minimum atomic E-state index is -0.576. The van der Waals surface area contributed by atoms with Crippen LogP contribution >= 0.6 is 0 Å². The molecule has 1 aromatic carbocycles. The Bertz CT molecular complexity index is 791. The molecule has 2 bridgehead atoms. The third-order valence-electron chi connectivity index (χ3n) is 5.40. The summed E-state index contributed by atoms with van der Waals surface area (Å²) < 4.78 is 10.2. The second kappa shape index (κ2) is 8.37. The number of fused-ring (bicyclic) bond motifs is 2. The highest BCUT2D eigenvalue weighted by molar-refractivity contribution is 5.94. The molecule has 0 aliphatic heterocycles. The molecule has 1 aromatic rings. The number of nitrogens with zero attached hydrogens (tertiary/aromatic N) is 1. The Morgan fingerprint density at radius 3 is 2.54 bits per heavy atom. The number of nitro benzene ring substituents is 1. The van der Waals surface area contributed by atoms with Crippen LogP contribution in [0.4, 0.5) is 11.4 Å². The van der Waals surface area contributed by atoms with Crippen molar-refractivity contribution in [2.45, 2.75) is 32.1 Å². The van der Waals surface area contributed by atoms with Crippen molar-refractivity contribution in [3.8, 4) is 5.75 Å². The third kappa shape index (κ3) is 4.29. The number of Topliss-reactive ketones (excluding diaryl/α,β-unsaturated/α-hetero) is 1. The Morgan fingerprint density at radius 1 is 1.25 bits per heavy atom. The van der Waals surface area contributed by atoms with E-state index in [4.69, 9.17) is 9.47 Å². The van der Waals surface area contributed by atoms with E-state index in [0.29, 0.717) is 12.8 Å². The van der Waals surface area contributed by atoms with Crippen LogP contribution in [0.5, 0.6) is 5.75 Å². The highest BCUT2D eigenvalue weighted by Gasteiger charge is 2.41. The Kier molecular flexibility index (Phi) is 5.91. The minimum Gasteiger partial charge on any atom is -0.494 e. The van der Waals surface area contributed by atoms with Crippen molar-refractivity contribution >= 4 is 29.0 Å². The maximum absolute atomic E-state index is 12.3. The predicted octanol–water partition coefficient (Wildman–Crippen LogP) is 2.48. The van der Waals surface area contributed by atoms with E-state index >= 15 is 0 Å². The van der Waals surface area contributed by atoms with Crippen molar-refractivity contribution in [3.63, 3.8) is 0 Å². The number of methoxy groups -OCH3 is 1. The number of carbonyl (C=O) groups excluding carboxylic acids is 3. The number of ketones is 1. The summed E-state index contributed by atoms with van der Waals surface area (Å²) in [6.45, 7) is -0.473. The molecule has 150 valence electrons. The van der Waals surface area contributed by atoms with E-state index in [1.807, 2.05) is 0 Å². The number of anilines is 1. The molecule has 2 aliphatic carbocycles. The number of amides is 1.